The zero-order valence-electron chi connectivity index (χ0n) is 11.6. The van der Waals surface area contributed by atoms with Crippen LogP contribution in [0.25, 0.3) is 22.5 Å². The van der Waals surface area contributed by atoms with E-state index in [1.54, 1.807) is 7.11 Å². The van der Waals surface area contributed by atoms with Crippen molar-refractivity contribution in [1.29, 1.82) is 0 Å². The van der Waals surface area contributed by atoms with Crippen LogP contribution in [0.2, 0.25) is 0 Å². The van der Waals surface area contributed by atoms with Gasteiger partial charge in [0, 0.05) is 18.4 Å². The molecule has 0 amide bonds. The van der Waals surface area contributed by atoms with E-state index in [4.69, 9.17) is 10.5 Å². The molecule has 2 aromatic carbocycles. The molecule has 0 spiro atoms. The number of aromatic nitrogens is 4. The molecule has 0 saturated heterocycles. The topological polar surface area (TPSA) is 89.7 Å². The first-order valence-electron chi connectivity index (χ1n) is 6.50. The fourth-order valence-electron chi connectivity index (χ4n) is 2.23. The molecule has 21 heavy (non-hydrogen) atoms. The summed E-state index contributed by atoms with van der Waals surface area (Å²) in [5, 5.41) is 14.0. The standard InChI is InChI=1S/C15H15N5O/c1-21-9-10-2-4-11(5-3-10)13-7-6-12(16)8-14(13)15-17-19-20-18-15/h2-8H,9,16H2,1H3,(H,17,18,19,20). The molecule has 0 bridgehead atoms. The lowest BCUT2D eigenvalue weighted by Crippen LogP contribution is -1.92. The molecule has 0 radical (unpaired) electrons. The monoisotopic (exact) mass is 281 g/mol. The maximum atomic E-state index is 5.88. The van der Waals surface area contributed by atoms with Gasteiger partial charge in [0.1, 0.15) is 0 Å². The third-order valence-corrected chi connectivity index (χ3v) is 3.22. The summed E-state index contributed by atoms with van der Waals surface area (Å²) < 4.78 is 5.12. The van der Waals surface area contributed by atoms with Crippen molar-refractivity contribution in [2.75, 3.05) is 12.8 Å². The number of aromatic amines is 1. The highest BCUT2D eigenvalue weighted by molar-refractivity contribution is 5.82. The highest BCUT2D eigenvalue weighted by atomic mass is 16.5. The number of hydrogen-bond donors (Lipinski definition) is 2. The van der Waals surface area contributed by atoms with Crippen LogP contribution in [0.15, 0.2) is 42.5 Å². The van der Waals surface area contributed by atoms with Gasteiger partial charge in [-0.3, -0.25) is 0 Å². The van der Waals surface area contributed by atoms with E-state index < -0.39 is 0 Å². The summed E-state index contributed by atoms with van der Waals surface area (Å²) in [6.07, 6.45) is 0. The summed E-state index contributed by atoms with van der Waals surface area (Å²) >= 11 is 0. The number of rotatable bonds is 4. The SMILES string of the molecule is COCc1ccc(-c2ccc(N)cc2-c2nnn[nH]2)cc1. The van der Waals surface area contributed by atoms with Crippen molar-refractivity contribution in [3.63, 3.8) is 0 Å². The average Bonchev–Trinajstić information content (AvgIpc) is 3.03. The van der Waals surface area contributed by atoms with Gasteiger partial charge in [-0.1, -0.05) is 30.3 Å². The first kappa shape index (κ1) is 13.3. The number of nitrogens with two attached hydrogens (primary N) is 1. The summed E-state index contributed by atoms with van der Waals surface area (Å²) in [5.74, 6) is 0.596. The van der Waals surface area contributed by atoms with Gasteiger partial charge >= 0.3 is 0 Å². The number of tetrazole rings is 1. The number of anilines is 1. The fraction of sp³-hybridized carbons (Fsp3) is 0.133. The number of nitrogens with zero attached hydrogens (tertiary/aromatic N) is 3. The Bertz CT molecular complexity index is 722. The first-order chi connectivity index (χ1) is 10.3. The van der Waals surface area contributed by atoms with Gasteiger partial charge in [-0.25, -0.2) is 5.10 Å². The van der Waals surface area contributed by atoms with Crippen LogP contribution in [0.3, 0.4) is 0 Å². The van der Waals surface area contributed by atoms with Crippen molar-refractivity contribution in [2.24, 2.45) is 0 Å². The van der Waals surface area contributed by atoms with Gasteiger partial charge in [0.05, 0.1) is 6.61 Å². The van der Waals surface area contributed by atoms with E-state index in [1.807, 2.05) is 42.5 Å². The summed E-state index contributed by atoms with van der Waals surface area (Å²) in [5.41, 5.74) is 10.6. The molecule has 0 saturated carbocycles. The molecular weight excluding hydrogens is 266 g/mol. The van der Waals surface area contributed by atoms with Crippen LogP contribution in [0.1, 0.15) is 5.56 Å². The molecule has 0 unspecified atom stereocenters. The van der Waals surface area contributed by atoms with Crippen molar-refractivity contribution in [3.8, 4) is 22.5 Å². The Morgan fingerprint density at radius 1 is 1.10 bits per heavy atom. The largest absolute Gasteiger partial charge is 0.399 e. The van der Waals surface area contributed by atoms with Crippen molar-refractivity contribution < 1.29 is 4.74 Å². The number of ether oxygens (including phenoxy) is 1. The van der Waals surface area contributed by atoms with E-state index in [0.717, 1.165) is 22.3 Å². The van der Waals surface area contributed by atoms with Crippen molar-refractivity contribution in [3.05, 3.63) is 48.0 Å². The Kier molecular flexibility index (Phi) is 3.61. The number of hydrogen-bond acceptors (Lipinski definition) is 5. The second kappa shape index (κ2) is 5.72. The summed E-state index contributed by atoms with van der Waals surface area (Å²) in [6, 6.07) is 13.9. The fourth-order valence-corrected chi connectivity index (χ4v) is 2.23. The lowest BCUT2D eigenvalue weighted by atomic mass is 9.98. The van der Waals surface area contributed by atoms with E-state index >= 15 is 0 Å². The minimum atomic E-state index is 0.596. The van der Waals surface area contributed by atoms with Crippen LogP contribution in [0, 0.1) is 0 Å². The lowest BCUT2D eigenvalue weighted by molar-refractivity contribution is 0.185. The Morgan fingerprint density at radius 2 is 1.90 bits per heavy atom. The molecule has 1 aromatic heterocycles. The molecule has 0 aliphatic carbocycles. The predicted molar refractivity (Wildman–Crippen MR) is 80.2 cm³/mol. The van der Waals surface area contributed by atoms with Crippen LogP contribution in [0.5, 0.6) is 0 Å². The normalized spacial score (nSPS) is 10.7. The molecule has 0 aliphatic rings. The van der Waals surface area contributed by atoms with Gasteiger partial charge in [-0.05, 0) is 39.2 Å². The van der Waals surface area contributed by atoms with Crippen LogP contribution < -0.4 is 5.73 Å². The van der Waals surface area contributed by atoms with Crippen LogP contribution in [-0.2, 0) is 11.3 Å². The van der Waals surface area contributed by atoms with Crippen molar-refractivity contribution in [2.45, 2.75) is 6.61 Å². The van der Waals surface area contributed by atoms with E-state index in [9.17, 15) is 0 Å². The van der Waals surface area contributed by atoms with Crippen molar-refractivity contribution >= 4 is 5.69 Å². The van der Waals surface area contributed by atoms with Gasteiger partial charge in [-0.2, -0.15) is 0 Å². The molecule has 106 valence electrons. The Labute approximate surface area is 122 Å². The molecular formula is C15H15N5O. The smallest absolute Gasteiger partial charge is 0.180 e. The highest BCUT2D eigenvalue weighted by Crippen LogP contribution is 2.31. The van der Waals surface area contributed by atoms with Gasteiger partial charge in [-0.15, -0.1) is 5.10 Å². The van der Waals surface area contributed by atoms with E-state index in [1.165, 1.54) is 0 Å². The summed E-state index contributed by atoms with van der Waals surface area (Å²) in [6.45, 7) is 0.598. The average molecular weight is 281 g/mol. The number of nitrogens with one attached hydrogen (secondary N) is 1. The molecule has 1 heterocycles. The maximum absolute atomic E-state index is 5.88. The second-order valence-electron chi connectivity index (χ2n) is 4.68. The molecule has 3 aromatic rings. The Balaban J connectivity index is 2.05. The zero-order chi connectivity index (χ0) is 14.7. The maximum Gasteiger partial charge on any atom is 0.180 e. The van der Waals surface area contributed by atoms with E-state index in [0.29, 0.717) is 18.1 Å². The van der Waals surface area contributed by atoms with E-state index in [-0.39, 0.29) is 0 Å². The number of methoxy groups -OCH3 is 1. The summed E-state index contributed by atoms with van der Waals surface area (Å²) in [7, 11) is 1.68. The Hall–Kier alpha value is -2.73. The molecule has 3 N–H and O–H groups in total. The number of benzene rings is 2. The third-order valence-electron chi connectivity index (χ3n) is 3.22. The quantitative estimate of drug-likeness (QED) is 0.716. The minimum Gasteiger partial charge on any atom is -0.399 e. The van der Waals surface area contributed by atoms with Crippen LogP contribution in [-0.4, -0.2) is 27.7 Å². The molecule has 6 nitrogen and oxygen atoms in total. The van der Waals surface area contributed by atoms with Gasteiger partial charge in [0.15, 0.2) is 5.82 Å². The van der Waals surface area contributed by atoms with Gasteiger partial charge in [0.2, 0.25) is 0 Å². The number of H-pyrrole nitrogens is 1. The highest BCUT2D eigenvalue weighted by Gasteiger charge is 2.11. The third kappa shape index (κ3) is 2.75. The number of nitrogen functional groups attached to an aromatic ring is 1. The van der Waals surface area contributed by atoms with Gasteiger partial charge in [0.25, 0.3) is 0 Å². The van der Waals surface area contributed by atoms with Crippen molar-refractivity contribution in [1.82, 2.24) is 20.6 Å². The van der Waals surface area contributed by atoms with Crippen LogP contribution >= 0.6 is 0 Å². The lowest BCUT2D eigenvalue weighted by Gasteiger charge is -2.09. The molecule has 3 rings (SSSR count). The second-order valence-corrected chi connectivity index (χ2v) is 4.68. The Morgan fingerprint density at radius 3 is 2.57 bits per heavy atom. The molecule has 6 heteroatoms. The zero-order valence-corrected chi connectivity index (χ0v) is 11.6. The molecule has 0 fully saturated rings. The van der Waals surface area contributed by atoms with E-state index in [2.05, 4.69) is 20.6 Å². The van der Waals surface area contributed by atoms with Crippen LogP contribution in [0.4, 0.5) is 5.69 Å². The first-order valence-corrected chi connectivity index (χ1v) is 6.50. The predicted octanol–water partition coefficient (Wildman–Crippen LogP) is 2.26. The summed E-state index contributed by atoms with van der Waals surface area (Å²) in [4.78, 5) is 0. The molecule has 0 aliphatic heterocycles. The van der Waals surface area contributed by atoms with Gasteiger partial charge < -0.3 is 10.5 Å². The minimum absolute atomic E-state index is 0.596. The molecule has 0 atom stereocenters.